The predicted octanol–water partition coefficient (Wildman–Crippen LogP) is 1.18. The van der Waals surface area contributed by atoms with Crippen molar-refractivity contribution in [3.63, 3.8) is 0 Å². The maximum atomic E-state index is 12.0. The maximum absolute atomic E-state index is 12.0. The first-order valence-corrected chi connectivity index (χ1v) is 4.86. The van der Waals surface area contributed by atoms with Gasteiger partial charge >= 0.3 is 0 Å². The highest BCUT2D eigenvalue weighted by Gasteiger charge is 2.16. The van der Waals surface area contributed by atoms with Gasteiger partial charge in [-0.15, -0.1) is 0 Å². The smallest absolute Gasteiger partial charge is 0.251 e. The third-order valence-corrected chi connectivity index (χ3v) is 2.42. The van der Waals surface area contributed by atoms with E-state index in [0.29, 0.717) is 5.92 Å². The molecule has 0 aromatic carbocycles. The molecule has 0 saturated carbocycles. The van der Waals surface area contributed by atoms with E-state index in [9.17, 15) is 8.78 Å². The van der Waals surface area contributed by atoms with Crippen LogP contribution in [0.25, 0.3) is 0 Å². The van der Waals surface area contributed by atoms with Crippen molar-refractivity contribution < 1.29 is 8.78 Å². The zero-order chi connectivity index (χ0) is 9.68. The van der Waals surface area contributed by atoms with E-state index >= 15 is 0 Å². The first-order valence-electron chi connectivity index (χ1n) is 4.86. The number of halogens is 2. The fraction of sp³-hybridized carbons (Fsp3) is 1.00. The second-order valence-electron chi connectivity index (χ2n) is 3.82. The molecule has 0 amide bonds. The average molecular weight is 192 g/mol. The number of hydrogen-bond donors (Lipinski definition) is 1. The summed E-state index contributed by atoms with van der Waals surface area (Å²) >= 11 is 0. The zero-order valence-corrected chi connectivity index (χ0v) is 8.10. The Morgan fingerprint density at radius 3 is 2.85 bits per heavy atom. The largest absolute Gasteiger partial charge is 0.316 e. The van der Waals surface area contributed by atoms with Gasteiger partial charge in [0.2, 0.25) is 0 Å². The van der Waals surface area contributed by atoms with Gasteiger partial charge in [-0.25, -0.2) is 8.78 Å². The lowest BCUT2D eigenvalue weighted by Gasteiger charge is -2.27. The molecule has 1 aliphatic heterocycles. The number of rotatable bonds is 4. The first-order chi connectivity index (χ1) is 6.18. The van der Waals surface area contributed by atoms with Crippen LogP contribution >= 0.6 is 0 Å². The second kappa shape index (κ2) is 5.50. The first kappa shape index (κ1) is 10.9. The van der Waals surface area contributed by atoms with Crippen LogP contribution in [0.2, 0.25) is 0 Å². The predicted molar refractivity (Wildman–Crippen MR) is 49.1 cm³/mol. The number of piperidine rings is 1. The van der Waals surface area contributed by atoms with Crippen LogP contribution in [0.1, 0.15) is 12.8 Å². The normalized spacial score (nSPS) is 24.2. The molecule has 2 nitrogen and oxygen atoms in total. The number of hydrogen-bond acceptors (Lipinski definition) is 2. The third-order valence-electron chi connectivity index (χ3n) is 2.42. The monoisotopic (exact) mass is 192 g/mol. The molecule has 1 atom stereocenters. The Balaban J connectivity index is 2.14. The van der Waals surface area contributed by atoms with Crippen LogP contribution in [0.3, 0.4) is 0 Å². The molecule has 0 aliphatic carbocycles. The topological polar surface area (TPSA) is 15.3 Å². The van der Waals surface area contributed by atoms with Crippen molar-refractivity contribution in [3.05, 3.63) is 0 Å². The molecule has 0 aromatic rings. The molecule has 1 rings (SSSR count). The van der Waals surface area contributed by atoms with Gasteiger partial charge in [-0.2, -0.15) is 0 Å². The standard InChI is InChI=1S/C9H18F2N2/c1-13(7-9(10)11)6-8-3-2-4-12-5-8/h8-9,12H,2-7H2,1H3. The highest BCUT2D eigenvalue weighted by molar-refractivity contribution is 4.71. The second-order valence-corrected chi connectivity index (χ2v) is 3.82. The fourth-order valence-electron chi connectivity index (χ4n) is 1.83. The molecule has 0 spiro atoms. The van der Waals surface area contributed by atoms with Gasteiger partial charge in [-0.3, -0.25) is 0 Å². The maximum Gasteiger partial charge on any atom is 0.251 e. The van der Waals surface area contributed by atoms with Crippen molar-refractivity contribution in [1.29, 1.82) is 0 Å². The molecule has 0 bridgehead atoms. The van der Waals surface area contributed by atoms with Crippen LogP contribution < -0.4 is 5.32 Å². The lowest BCUT2D eigenvalue weighted by atomic mass is 9.99. The summed E-state index contributed by atoms with van der Waals surface area (Å²) in [6.07, 6.45) is 0.134. The quantitative estimate of drug-likeness (QED) is 0.719. The molecule has 1 N–H and O–H groups in total. The molecule has 0 radical (unpaired) electrons. The Kier molecular flexibility index (Phi) is 4.59. The van der Waals surface area contributed by atoms with E-state index in [1.54, 1.807) is 11.9 Å². The van der Waals surface area contributed by atoms with Gasteiger partial charge in [0, 0.05) is 6.54 Å². The Labute approximate surface area is 78.3 Å². The van der Waals surface area contributed by atoms with E-state index in [-0.39, 0.29) is 6.54 Å². The highest BCUT2D eigenvalue weighted by Crippen LogP contribution is 2.11. The van der Waals surface area contributed by atoms with Gasteiger partial charge in [0.15, 0.2) is 0 Å². The minimum Gasteiger partial charge on any atom is -0.316 e. The summed E-state index contributed by atoms with van der Waals surface area (Å²) in [6.45, 7) is 2.75. The van der Waals surface area contributed by atoms with Gasteiger partial charge in [-0.1, -0.05) is 0 Å². The van der Waals surface area contributed by atoms with Crippen LogP contribution in [-0.2, 0) is 0 Å². The van der Waals surface area contributed by atoms with Gasteiger partial charge in [0.1, 0.15) is 0 Å². The molecule has 1 unspecified atom stereocenters. The molecule has 13 heavy (non-hydrogen) atoms. The molecule has 1 fully saturated rings. The van der Waals surface area contributed by atoms with Crippen molar-refractivity contribution in [2.45, 2.75) is 19.3 Å². The third kappa shape index (κ3) is 4.52. The average Bonchev–Trinajstić information content (AvgIpc) is 2.04. The van der Waals surface area contributed by atoms with Crippen LogP contribution in [0.15, 0.2) is 0 Å². The fourth-order valence-corrected chi connectivity index (χ4v) is 1.83. The van der Waals surface area contributed by atoms with Crippen molar-refractivity contribution in [3.8, 4) is 0 Å². The van der Waals surface area contributed by atoms with Crippen molar-refractivity contribution in [2.75, 3.05) is 33.2 Å². The molecule has 1 heterocycles. The van der Waals surface area contributed by atoms with E-state index in [2.05, 4.69) is 5.32 Å². The minimum atomic E-state index is -2.21. The van der Waals surface area contributed by atoms with Gasteiger partial charge < -0.3 is 10.2 Å². The van der Waals surface area contributed by atoms with Crippen molar-refractivity contribution in [1.82, 2.24) is 10.2 Å². The molecular formula is C9H18F2N2. The van der Waals surface area contributed by atoms with E-state index in [1.165, 1.54) is 12.8 Å². The number of nitrogens with zero attached hydrogens (tertiary/aromatic N) is 1. The number of alkyl halides is 2. The van der Waals surface area contributed by atoms with E-state index in [1.807, 2.05) is 0 Å². The summed E-state index contributed by atoms with van der Waals surface area (Å²) in [6, 6.07) is 0. The molecule has 1 saturated heterocycles. The van der Waals surface area contributed by atoms with Crippen molar-refractivity contribution >= 4 is 0 Å². The Bertz CT molecular complexity index is 136. The van der Waals surface area contributed by atoms with Crippen LogP contribution in [0, 0.1) is 5.92 Å². The van der Waals surface area contributed by atoms with Gasteiger partial charge in [-0.05, 0) is 38.9 Å². The van der Waals surface area contributed by atoms with E-state index in [0.717, 1.165) is 19.6 Å². The van der Waals surface area contributed by atoms with E-state index < -0.39 is 6.43 Å². The summed E-state index contributed by atoms with van der Waals surface area (Å²) in [4.78, 5) is 1.72. The highest BCUT2D eigenvalue weighted by atomic mass is 19.3. The SMILES string of the molecule is CN(CC(F)F)CC1CCCNC1. The number of nitrogens with one attached hydrogen (secondary N) is 1. The summed E-state index contributed by atoms with van der Waals surface area (Å²) in [5.74, 6) is 0.553. The minimum absolute atomic E-state index is 0.101. The molecule has 78 valence electrons. The summed E-state index contributed by atoms with van der Waals surface area (Å²) < 4.78 is 24.0. The molecular weight excluding hydrogens is 174 g/mol. The molecule has 1 aliphatic rings. The molecule has 4 heteroatoms. The van der Waals surface area contributed by atoms with E-state index in [4.69, 9.17) is 0 Å². The Morgan fingerprint density at radius 1 is 1.54 bits per heavy atom. The Hall–Kier alpha value is -0.220. The van der Waals surface area contributed by atoms with Crippen molar-refractivity contribution in [2.24, 2.45) is 5.92 Å². The summed E-state index contributed by atoms with van der Waals surface area (Å²) in [7, 11) is 1.76. The van der Waals surface area contributed by atoms with Crippen LogP contribution in [0.5, 0.6) is 0 Å². The van der Waals surface area contributed by atoms with Gasteiger partial charge in [0.05, 0.1) is 6.54 Å². The van der Waals surface area contributed by atoms with Gasteiger partial charge in [0.25, 0.3) is 6.43 Å². The van der Waals surface area contributed by atoms with Crippen LogP contribution in [-0.4, -0.2) is 44.6 Å². The molecule has 0 aromatic heterocycles. The lowest BCUT2D eigenvalue weighted by molar-refractivity contribution is 0.0907. The summed E-state index contributed by atoms with van der Waals surface area (Å²) in [5, 5.41) is 3.28. The lowest BCUT2D eigenvalue weighted by Crippen LogP contribution is -2.38. The Morgan fingerprint density at radius 2 is 2.31 bits per heavy atom. The summed E-state index contributed by atoms with van der Waals surface area (Å²) in [5.41, 5.74) is 0. The van der Waals surface area contributed by atoms with Crippen LogP contribution in [0.4, 0.5) is 8.78 Å². The zero-order valence-electron chi connectivity index (χ0n) is 8.10.